The molecule has 0 saturated heterocycles. The first-order valence-corrected chi connectivity index (χ1v) is 6.00. The molecule has 1 rings (SSSR count). The molecular weight excluding hydrogens is 188 g/mol. The van der Waals surface area contributed by atoms with Crippen molar-refractivity contribution < 1.29 is 4.79 Å². The molecular formula is C12H24N2O. The molecule has 1 saturated carbocycles. The highest BCUT2D eigenvalue weighted by Gasteiger charge is 2.30. The van der Waals surface area contributed by atoms with Gasteiger partial charge in [-0.3, -0.25) is 4.79 Å². The molecule has 2 N–H and O–H groups in total. The Balaban J connectivity index is 2.32. The highest BCUT2D eigenvalue weighted by Crippen LogP contribution is 2.27. The largest absolute Gasteiger partial charge is 0.343 e. The fourth-order valence-corrected chi connectivity index (χ4v) is 1.99. The Morgan fingerprint density at radius 2 is 2.07 bits per heavy atom. The van der Waals surface area contributed by atoms with E-state index < -0.39 is 0 Å². The smallest absolute Gasteiger partial charge is 0.222 e. The molecule has 0 aliphatic heterocycles. The number of rotatable bonds is 6. The van der Waals surface area contributed by atoms with Crippen molar-refractivity contribution in [2.24, 2.45) is 17.6 Å². The van der Waals surface area contributed by atoms with Gasteiger partial charge in [0, 0.05) is 19.5 Å². The molecule has 1 fully saturated rings. The average Bonchev–Trinajstić information content (AvgIpc) is 2.97. The third-order valence-corrected chi connectivity index (χ3v) is 3.09. The third kappa shape index (κ3) is 4.20. The minimum absolute atomic E-state index is 0.272. The predicted octanol–water partition coefficient (Wildman–Crippen LogP) is 1.62. The van der Waals surface area contributed by atoms with Gasteiger partial charge in [-0.1, -0.05) is 13.8 Å². The fraction of sp³-hybridized carbons (Fsp3) is 0.917. The number of nitrogens with two attached hydrogens (primary N) is 1. The van der Waals surface area contributed by atoms with E-state index in [2.05, 4.69) is 13.8 Å². The highest BCUT2D eigenvalue weighted by molar-refractivity contribution is 5.76. The second-order valence-corrected chi connectivity index (χ2v) is 5.17. The number of amides is 1. The van der Waals surface area contributed by atoms with Gasteiger partial charge in [0.1, 0.15) is 0 Å². The Kier molecular flexibility index (Phi) is 4.58. The van der Waals surface area contributed by atoms with Crippen molar-refractivity contribution in [2.45, 2.75) is 45.6 Å². The van der Waals surface area contributed by atoms with Crippen molar-refractivity contribution in [2.75, 3.05) is 13.6 Å². The summed E-state index contributed by atoms with van der Waals surface area (Å²) in [5.41, 5.74) is 5.69. The van der Waals surface area contributed by atoms with E-state index in [4.69, 9.17) is 5.73 Å². The molecule has 0 bridgehead atoms. The van der Waals surface area contributed by atoms with Crippen LogP contribution in [-0.2, 0) is 4.79 Å². The Morgan fingerprint density at radius 3 is 2.47 bits per heavy atom. The van der Waals surface area contributed by atoms with Crippen molar-refractivity contribution in [3.63, 3.8) is 0 Å². The van der Waals surface area contributed by atoms with Crippen molar-refractivity contribution in [3.05, 3.63) is 0 Å². The van der Waals surface area contributed by atoms with Gasteiger partial charge >= 0.3 is 0 Å². The fourth-order valence-electron chi connectivity index (χ4n) is 1.99. The van der Waals surface area contributed by atoms with E-state index in [1.54, 1.807) is 0 Å². The Hall–Kier alpha value is -0.570. The maximum atomic E-state index is 11.8. The first-order chi connectivity index (χ1) is 7.04. The molecule has 0 heterocycles. The molecule has 0 radical (unpaired) electrons. The summed E-state index contributed by atoms with van der Waals surface area (Å²) in [7, 11) is 1.92. The molecule has 1 aliphatic carbocycles. The van der Waals surface area contributed by atoms with Gasteiger partial charge in [-0.2, -0.15) is 0 Å². The second-order valence-electron chi connectivity index (χ2n) is 5.17. The van der Waals surface area contributed by atoms with Crippen molar-refractivity contribution >= 4 is 5.91 Å². The van der Waals surface area contributed by atoms with E-state index in [0.717, 1.165) is 6.42 Å². The number of hydrogen-bond acceptors (Lipinski definition) is 2. The third-order valence-electron chi connectivity index (χ3n) is 3.09. The lowest BCUT2D eigenvalue weighted by Crippen LogP contribution is -2.32. The summed E-state index contributed by atoms with van der Waals surface area (Å²) in [4.78, 5) is 13.8. The zero-order valence-electron chi connectivity index (χ0n) is 10.2. The van der Waals surface area contributed by atoms with Gasteiger partial charge in [-0.05, 0) is 37.6 Å². The van der Waals surface area contributed by atoms with Crippen molar-refractivity contribution in [1.29, 1.82) is 0 Å². The topological polar surface area (TPSA) is 46.3 Å². The van der Waals surface area contributed by atoms with Gasteiger partial charge in [-0.15, -0.1) is 0 Å². The molecule has 1 amide bonds. The van der Waals surface area contributed by atoms with Gasteiger partial charge < -0.3 is 10.6 Å². The highest BCUT2D eigenvalue weighted by atomic mass is 16.2. The first-order valence-electron chi connectivity index (χ1n) is 6.00. The summed E-state index contributed by atoms with van der Waals surface area (Å²) in [5, 5.41) is 0. The van der Waals surface area contributed by atoms with E-state index in [9.17, 15) is 4.79 Å². The van der Waals surface area contributed by atoms with Crippen LogP contribution >= 0.6 is 0 Å². The van der Waals surface area contributed by atoms with E-state index >= 15 is 0 Å². The average molecular weight is 212 g/mol. The maximum Gasteiger partial charge on any atom is 0.222 e. The molecule has 0 aromatic rings. The van der Waals surface area contributed by atoms with Crippen LogP contribution in [0.15, 0.2) is 0 Å². The molecule has 1 unspecified atom stereocenters. The predicted molar refractivity (Wildman–Crippen MR) is 62.4 cm³/mol. The molecule has 3 heteroatoms. The molecule has 0 aromatic carbocycles. The van der Waals surface area contributed by atoms with Crippen LogP contribution < -0.4 is 5.73 Å². The van der Waals surface area contributed by atoms with E-state index in [0.29, 0.717) is 30.8 Å². The normalized spacial score (nSPS) is 17.9. The van der Waals surface area contributed by atoms with Crippen LogP contribution in [0.3, 0.4) is 0 Å². The van der Waals surface area contributed by atoms with Gasteiger partial charge in [0.05, 0.1) is 0 Å². The molecule has 1 atom stereocenters. The zero-order valence-corrected chi connectivity index (χ0v) is 10.2. The van der Waals surface area contributed by atoms with Crippen LogP contribution in [0.25, 0.3) is 0 Å². The SMILES string of the molecule is CC(C)CC(CN)CC(=O)N(C)C1CC1. The van der Waals surface area contributed by atoms with Crippen molar-refractivity contribution in [1.82, 2.24) is 4.90 Å². The zero-order chi connectivity index (χ0) is 11.4. The van der Waals surface area contributed by atoms with Gasteiger partial charge in [0.25, 0.3) is 0 Å². The van der Waals surface area contributed by atoms with Gasteiger partial charge in [0.2, 0.25) is 5.91 Å². The lowest BCUT2D eigenvalue weighted by atomic mass is 9.94. The number of carbonyl (C=O) groups is 1. The van der Waals surface area contributed by atoms with Crippen molar-refractivity contribution in [3.8, 4) is 0 Å². The number of hydrogen-bond donors (Lipinski definition) is 1. The quantitative estimate of drug-likeness (QED) is 0.727. The van der Waals surface area contributed by atoms with E-state index in [1.165, 1.54) is 12.8 Å². The summed E-state index contributed by atoms with van der Waals surface area (Å²) in [6.07, 6.45) is 4.04. The minimum atomic E-state index is 0.272. The minimum Gasteiger partial charge on any atom is -0.343 e. The molecule has 0 aromatic heterocycles. The van der Waals surface area contributed by atoms with Crippen LogP contribution in [-0.4, -0.2) is 30.4 Å². The summed E-state index contributed by atoms with van der Waals surface area (Å²) in [6.45, 7) is 4.98. The van der Waals surface area contributed by atoms with Crippen LogP contribution in [0.4, 0.5) is 0 Å². The summed E-state index contributed by atoms with van der Waals surface area (Å²) in [6, 6.07) is 0.523. The monoisotopic (exact) mass is 212 g/mol. The summed E-state index contributed by atoms with van der Waals surface area (Å²) < 4.78 is 0. The van der Waals surface area contributed by atoms with E-state index in [-0.39, 0.29) is 5.91 Å². The molecule has 0 spiro atoms. The standard InChI is InChI=1S/C12H24N2O/c1-9(2)6-10(8-13)7-12(15)14(3)11-4-5-11/h9-11H,4-8,13H2,1-3H3. The Morgan fingerprint density at radius 1 is 1.47 bits per heavy atom. The summed E-state index contributed by atoms with van der Waals surface area (Å²) in [5.74, 6) is 1.25. The van der Waals surface area contributed by atoms with Crippen LogP contribution in [0.5, 0.6) is 0 Å². The maximum absolute atomic E-state index is 11.8. The van der Waals surface area contributed by atoms with Gasteiger partial charge in [-0.25, -0.2) is 0 Å². The number of nitrogens with zero attached hydrogens (tertiary/aromatic N) is 1. The van der Waals surface area contributed by atoms with E-state index in [1.807, 2.05) is 11.9 Å². The molecule has 1 aliphatic rings. The summed E-state index contributed by atoms with van der Waals surface area (Å²) >= 11 is 0. The molecule has 88 valence electrons. The van der Waals surface area contributed by atoms with Crippen LogP contribution in [0.1, 0.15) is 39.5 Å². The Labute approximate surface area is 93.0 Å². The Bertz CT molecular complexity index is 212. The molecule has 3 nitrogen and oxygen atoms in total. The van der Waals surface area contributed by atoms with Crippen LogP contribution in [0.2, 0.25) is 0 Å². The lowest BCUT2D eigenvalue weighted by molar-refractivity contribution is -0.131. The first kappa shape index (κ1) is 12.5. The number of carbonyl (C=O) groups excluding carboxylic acids is 1. The van der Waals surface area contributed by atoms with Gasteiger partial charge in [0.15, 0.2) is 0 Å². The second kappa shape index (κ2) is 5.50. The van der Waals surface area contributed by atoms with Crippen LogP contribution in [0, 0.1) is 11.8 Å². The molecule has 15 heavy (non-hydrogen) atoms. The lowest BCUT2D eigenvalue weighted by Gasteiger charge is -2.21.